The van der Waals surface area contributed by atoms with E-state index in [4.69, 9.17) is 4.74 Å². The molecule has 0 spiro atoms. The van der Waals surface area contributed by atoms with Crippen LogP contribution in [0.2, 0.25) is 0 Å². The van der Waals surface area contributed by atoms with E-state index in [-0.39, 0.29) is 23.6 Å². The second-order valence-corrected chi connectivity index (χ2v) is 7.97. The van der Waals surface area contributed by atoms with E-state index in [1.807, 2.05) is 6.92 Å². The van der Waals surface area contributed by atoms with Crippen LogP contribution in [0.5, 0.6) is 5.75 Å². The van der Waals surface area contributed by atoms with Crippen LogP contribution in [0.4, 0.5) is 5.69 Å². The Bertz CT molecular complexity index is 1270. The molecule has 2 heterocycles. The molecule has 1 unspecified atom stereocenters. The number of rotatable bonds is 8. The summed E-state index contributed by atoms with van der Waals surface area (Å²) >= 11 is 0. The summed E-state index contributed by atoms with van der Waals surface area (Å²) in [7, 11) is 0. The van der Waals surface area contributed by atoms with E-state index >= 15 is 0 Å². The molecule has 0 radical (unpaired) electrons. The summed E-state index contributed by atoms with van der Waals surface area (Å²) in [5, 5.41) is 22.3. The molecule has 1 atom stereocenters. The molecular formula is C26H23N3O6. The zero-order valence-corrected chi connectivity index (χ0v) is 19.0. The highest BCUT2D eigenvalue weighted by atomic mass is 16.6. The summed E-state index contributed by atoms with van der Waals surface area (Å²) in [6.07, 6.45) is 2.42. The lowest BCUT2D eigenvalue weighted by Crippen LogP contribution is -2.29. The summed E-state index contributed by atoms with van der Waals surface area (Å²) in [5.74, 6) is -1.35. The van der Waals surface area contributed by atoms with Gasteiger partial charge in [0.1, 0.15) is 11.5 Å². The number of benzene rings is 2. The molecule has 1 saturated heterocycles. The number of aliphatic hydroxyl groups is 1. The normalized spacial score (nSPS) is 16.9. The number of non-ortho nitro benzene ring substituents is 1. The Morgan fingerprint density at radius 2 is 1.80 bits per heavy atom. The van der Waals surface area contributed by atoms with Gasteiger partial charge in [0.2, 0.25) is 0 Å². The van der Waals surface area contributed by atoms with Gasteiger partial charge in [-0.25, -0.2) is 0 Å². The number of ether oxygens (including phenoxy) is 1. The number of nitro benzene ring substituents is 1. The lowest BCUT2D eigenvalue weighted by molar-refractivity contribution is -0.384. The molecule has 1 aliphatic heterocycles. The van der Waals surface area contributed by atoms with Gasteiger partial charge in [-0.1, -0.05) is 13.0 Å². The number of carbonyl (C=O) groups is 2. The number of nitrogens with zero attached hydrogens (tertiary/aromatic N) is 3. The molecule has 1 aromatic heterocycles. The summed E-state index contributed by atoms with van der Waals surface area (Å²) in [4.78, 5) is 42.3. The molecular weight excluding hydrogens is 450 g/mol. The largest absolute Gasteiger partial charge is 0.507 e. The summed E-state index contributed by atoms with van der Waals surface area (Å²) in [6, 6.07) is 16.4. The Labute approximate surface area is 201 Å². The zero-order valence-electron chi connectivity index (χ0n) is 19.0. The smallest absolute Gasteiger partial charge is 0.296 e. The molecule has 1 N–H and O–H groups in total. The molecule has 3 aromatic rings. The molecule has 0 aliphatic carbocycles. The van der Waals surface area contributed by atoms with Crippen LogP contribution in [0.3, 0.4) is 0 Å². The van der Waals surface area contributed by atoms with Crippen LogP contribution in [0.1, 0.15) is 36.2 Å². The quantitative estimate of drug-likeness (QED) is 0.169. The fourth-order valence-corrected chi connectivity index (χ4v) is 3.92. The first kappa shape index (κ1) is 23.6. The molecule has 9 heteroatoms. The molecule has 4 rings (SSSR count). The molecule has 0 saturated carbocycles. The first-order chi connectivity index (χ1) is 16.9. The minimum absolute atomic E-state index is 0.0215. The van der Waals surface area contributed by atoms with Gasteiger partial charge in [0.05, 0.1) is 35.4 Å². The van der Waals surface area contributed by atoms with Gasteiger partial charge in [-0.15, -0.1) is 0 Å². The van der Waals surface area contributed by atoms with E-state index in [1.54, 1.807) is 48.7 Å². The number of aliphatic hydroxyl groups excluding tert-OH is 1. The average molecular weight is 473 g/mol. The van der Waals surface area contributed by atoms with Gasteiger partial charge in [0, 0.05) is 23.9 Å². The minimum atomic E-state index is -0.950. The van der Waals surface area contributed by atoms with Gasteiger partial charge < -0.3 is 14.7 Å². The van der Waals surface area contributed by atoms with Crippen molar-refractivity contribution in [3.63, 3.8) is 0 Å². The number of nitro groups is 1. The monoisotopic (exact) mass is 473 g/mol. The van der Waals surface area contributed by atoms with Gasteiger partial charge in [-0.3, -0.25) is 24.7 Å². The van der Waals surface area contributed by atoms with Crippen LogP contribution >= 0.6 is 0 Å². The van der Waals surface area contributed by atoms with E-state index in [0.717, 1.165) is 6.42 Å². The topological polar surface area (TPSA) is 123 Å². The van der Waals surface area contributed by atoms with Crippen molar-refractivity contribution in [2.75, 3.05) is 6.61 Å². The fraction of sp³-hybridized carbons (Fsp3) is 0.192. The van der Waals surface area contributed by atoms with Crippen molar-refractivity contribution in [3.8, 4) is 5.75 Å². The van der Waals surface area contributed by atoms with Crippen molar-refractivity contribution >= 4 is 23.1 Å². The number of aromatic nitrogens is 1. The van der Waals surface area contributed by atoms with Gasteiger partial charge in [0.15, 0.2) is 0 Å². The summed E-state index contributed by atoms with van der Waals surface area (Å²) < 4.78 is 5.57. The summed E-state index contributed by atoms with van der Waals surface area (Å²) in [5.41, 5.74) is 1.13. The minimum Gasteiger partial charge on any atom is -0.507 e. The highest BCUT2D eigenvalue weighted by molar-refractivity contribution is 6.46. The maximum Gasteiger partial charge on any atom is 0.296 e. The van der Waals surface area contributed by atoms with Gasteiger partial charge in [-0.2, -0.15) is 0 Å². The number of likely N-dealkylation sites (tertiary alicyclic amines) is 1. The second-order valence-electron chi connectivity index (χ2n) is 7.97. The van der Waals surface area contributed by atoms with E-state index in [9.17, 15) is 24.8 Å². The number of Topliss-reactive ketones (excluding diaryl/α,β-unsaturated/α-hetero) is 1. The Balaban J connectivity index is 1.79. The lowest BCUT2D eigenvalue weighted by atomic mass is 9.95. The predicted octanol–water partition coefficient (Wildman–Crippen LogP) is 4.40. The molecule has 0 bridgehead atoms. The standard InChI is InChI=1S/C26H23N3O6/c1-2-15-35-21-12-8-18(9-13-21)24(30)22-23(17-6-10-20(11-7-17)29(33)34)28(26(32)25(22)31)16-19-5-3-4-14-27-19/h3-14,23,30H,2,15-16H2,1H3. The number of hydrogen-bond donors (Lipinski definition) is 1. The maximum atomic E-state index is 13.1. The number of ketones is 1. The molecule has 178 valence electrons. The third-order valence-corrected chi connectivity index (χ3v) is 5.62. The van der Waals surface area contributed by atoms with Crippen molar-refractivity contribution in [1.82, 2.24) is 9.88 Å². The van der Waals surface area contributed by atoms with Crippen molar-refractivity contribution in [3.05, 3.63) is 105 Å². The molecule has 9 nitrogen and oxygen atoms in total. The molecule has 35 heavy (non-hydrogen) atoms. The first-order valence-corrected chi connectivity index (χ1v) is 11.1. The van der Waals surface area contributed by atoms with Crippen LogP contribution in [0, 0.1) is 10.1 Å². The lowest BCUT2D eigenvalue weighted by Gasteiger charge is -2.25. The molecule has 1 fully saturated rings. The first-order valence-electron chi connectivity index (χ1n) is 11.1. The number of pyridine rings is 1. The van der Waals surface area contributed by atoms with Gasteiger partial charge in [-0.05, 0) is 60.5 Å². The summed E-state index contributed by atoms with van der Waals surface area (Å²) in [6.45, 7) is 2.56. The third kappa shape index (κ3) is 4.89. The van der Waals surface area contributed by atoms with Crippen LogP contribution in [-0.2, 0) is 16.1 Å². The maximum absolute atomic E-state index is 13.1. The SMILES string of the molecule is CCCOc1ccc(C(O)=C2C(=O)C(=O)N(Cc3ccccn3)C2c2ccc([N+](=O)[O-])cc2)cc1. The van der Waals surface area contributed by atoms with E-state index in [2.05, 4.69) is 4.98 Å². The van der Waals surface area contributed by atoms with Crippen LogP contribution < -0.4 is 4.74 Å². The highest BCUT2D eigenvalue weighted by Gasteiger charge is 2.46. The third-order valence-electron chi connectivity index (χ3n) is 5.62. The molecule has 2 aromatic carbocycles. The van der Waals surface area contributed by atoms with Crippen LogP contribution in [-0.4, -0.2) is 38.2 Å². The van der Waals surface area contributed by atoms with Crippen molar-refractivity contribution in [2.45, 2.75) is 25.9 Å². The van der Waals surface area contributed by atoms with E-state index in [0.29, 0.717) is 29.2 Å². The van der Waals surface area contributed by atoms with Crippen molar-refractivity contribution in [2.24, 2.45) is 0 Å². The number of amides is 1. The molecule has 1 aliphatic rings. The van der Waals surface area contributed by atoms with Crippen LogP contribution in [0.15, 0.2) is 78.5 Å². The Hall–Kier alpha value is -4.53. The van der Waals surface area contributed by atoms with Crippen LogP contribution in [0.25, 0.3) is 5.76 Å². The second kappa shape index (κ2) is 10.2. The highest BCUT2D eigenvalue weighted by Crippen LogP contribution is 2.40. The van der Waals surface area contributed by atoms with Crippen molar-refractivity contribution in [1.29, 1.82) is 0 Å². The predicted molar refractivity (Wildman–Crippen MR) is 127 cm³/mol. The fourth-order valence-electron chi connectivity index (χ4n) is 3.92. The van der Waals surface area contributed by atoms with Gasteiger partial charge in [0.25, 0.3) is 17.4 Å². The number of hydrogen-bond acceptors (Lipinski definition) is 7. The Morgan fingerprint density at radius 1 is 1.09 bits per heavy atom. The molecule has 1 amide bonds. The van der Waals surface area contributed by atoms with E-state index in [1.165, 1.54) is 29.2 Å². The Morgan fingerprint density at radius 3 is 2.40 bits per heavy atom. The number of carbonyl (C=O) groups excluding carboxylic acids is 2. The Kier molecular flexibility index (Phi) is 6.86. The zero-order chi connectivity index (χ0) is 24.9. The van der Waals surface area contributed by atoms with E-state index < -0.39 is 22.7 Å². The average Bonchev–Trinajstić information content (AvgIpc) is 3.13. The van der Waals surface area contributed by atoms with Gasteiger partial charge >= 0.3 is 0 Å². The van der Waals surface area contributed by atoms with Crippen molar-refractivity contribution < 1.29 is 24.4 Å².